The van der Waals surface area contributed by atoms with Crippen LogP contribution >= 0.6 is 0 Å². The Kier molecular flexibility index (Phi) is 8.69. The molecule has 0 aromatic heterocycles. The third-order valence-corrected chi connectivity index (χ3v) is 4.04. The predicted molar refractivity (Wildman–Crippen MR) is 84.0 cm³/mol. The van der Waals surface area contributed by atoms with Crippen molar-refractivity contribution in [1.29, 1.82) is 0 Å². The number of hydrogen-bond donors (Lipinski definition) is 2. The molecule has 0 bridgehead atoms. The summed E-state index contributed by atoms with van der Waals surface area (Å²) in [6.07, 6.45) is 3.54. The molecule has 0 amide bonds. The minimum absolute atomic E-state index is 0.234. The van der Waals surface area contributed by atoms with Crippen molar-refractivity contribution in [2.75, 3.05) is 52.5 Å². The number of rotatable bonds is 11. The molecule has 0 aromatic rings. The molecule has 1 saturated heterocycles. The molecule has 1 heterocycles. The number of nitrogens with zero attached hydrogens (tertiary/aromatic N) is 1. The molecule has 1 fully saturated rings. The largest absolute Gasteiger partial charge is 0.395 e. The number of aliphatic hydroxyl groups is 1. The molecule has 0 radical (unpaired) electrons. The van der Waals surface area contributed by atoms with Gasteiger partial charge in [0, 0.05) is 31.7 Å². The highest BCUT2D eigenvalue weighted by molar-refractivity contribution is 4.88. The average Bonchev–Trinajstić information content (AvgIpc) is 2.84. The van der Waals surface area contributed by atoms with E-state index in [0.717, 1.165) is 52.4 Å². The van der Waals surface area contributed by atoms with E-state index in [-0.39, 0.29) is 12.0 Å². The molecule has 4 heteroatoms. The van der Waals surface area contributed by atoms with E-state index in [1.165, 1.54) is 12.8 Å². The van der Waals surface area contributed by atoms with Gasteiger partial charge in [0.25, 0.3) is 0 Å². The summed E-state index contributed by atoms with van der Waals surface area (Å²) in [6, 6.07) is 0. The van der Waals surface area contributed by atoms with Crippen LogP contribution < -0.4 is 5.32 Å². The Morgan fingerprint density at radius 1 is 1.35 bits per heavy atom. The Bertz CT molecular complexity index is 241. The van der Waals surface area contributed by atoms with E-state index >= 15 is 0 Å². The molecule has 0 saturated carbocycles. The van der Waals surface area contributed by atoms with Crippen LogP contribution in [0, 0.1) is 11.3 Å². The Balaban J connectivity index is 2.49. The van der Waals surface area contributed by atoms with Crippen molar-refractivity contribution in [3.63, 3.8) is 0 Å². The average molecular weight is 286 g/mol. The molecule has 120 valence electrons. The van der Waals surface area contributed by atoms with Crippen molar-refractivity contribution in [1.82, 2.24) is 10.2 Å². The highest BCUT2D eigenvalue weighted by atomic mass is 16.5. The van der Waals surface area contributed by atoms with Gasteiger partial charge in [-0.15, -0.1) is 0 Å². The van der Waals surface area contributed by atoms with Crippen molar-refractivity contribution in [2.24, 2.45) is 11.3 Å². The van der Waals surface area contributed by atoms with Gasteiger partial charge in [-0.05, 0) is 31.8 Å². The smallest absolute Gasteiger partial charge is 0.0558 e. The van der Waals surface area contributed by atoms with Gasteiger partial charge in [-0.25, -0.2) is 0 Å². The molecule has 0 aromatic carbocycles. The lowest BCUT2D eigenvalue weighted by Crippen LogP contribution is -2.46. The molecule has 1 aliphatic heterocycles. The Hall–Kier alpha value is -0.160. The van der Waals surface area contributed by atoms with E-state index in [4.69, 9.17) is 4.74 Å². The van der Waals surface area contributed by atoms with Crippen LogP contribution in [0.5, 0.6) is 0 Å². The summed E-state index contributed by atoms with van der Waals surface area (Å²) in [6.45, 7) is 13.7. The van der Waals surface area contributed by atoms with E-state index in [2.05, 4.69) is 31.0 Å². The lowest BCUT2D eigenvalue weighted by Gasteiger charge is -2.34. The van der Waals surface area contributed by atoms with Crippen LogP contribution in [0.1, 0.15) is 40.0 Å². The first-order valence-electron chi connectivity index (χ1n) is 8.23. The molecule has 2 N–H and O–H groups in total. The zero-order valence-corrected chi connectivity index (χ0v) is 13.7. The van der Waals surface area contributed by atoms with Gasteiger partial charge in [-0.2, -0.15) is 0 Å². The number of ether oxygens (including phenoxy) is 1. The van der Waals surface area contributed by atoms with Gasteiger partial charge in [0.2, 0.25) is 0 Å². The van der Waals surface area contributed by atoms with E-state index in [9.17, 15) is 5.11 Å². The van der Waals surface area contributed by atoms with Gasteiger partial charge < -0.3 is 20.1 Å². The topological polar surface area (TPSA) is 44.7 Å². The van der Waals surface area contributed by atoms with Gasteiger partial charge >= 0.3 is 0 Å². The molecule has 0 aliphatic carbocycles. The van der Waals surface area contributed by atoms with Gasteiger partial charge in [-0.1, -0.05) is 27.2 Å². The second-order valence-electron chi connectivity index (χ2n) is 6.68. The van der Waals surface area contributed by atoms with Crippen molar-refractivity contribution < 1.29 is 9.84 Å². The molecular weight excluding hydrogens is 252 g/mol. The molecule has 1 unspecified atom stereocenters. The Morgan fingerprint density at radius 3 is 2.70 bits per heavy atom. The third-order valence-electron chi connectivity index (χ3n) is 4.04. The molecule has 0 spiro atoms. The van der Waals surface area contributed by atoms with Crippen LogP contribution in [0.4, 0.5) is 0 Å². The van der Waals surface area contributed by atoms with Crippen LogP contribution in [-0.4, -0.2) is 62.6 Å². The van der Waals surface area contributed by atoms with Gasteiger partial charge in [0.1, 0.15) is 0 Å². The minimum Gasteiger partial charge on any atom is -0.395 e. The number of hydrogen-bond acceptors (Lipinski definition) is 4. The first-order chi connectivity index (χ1) is 9.62. The zero-order valence-electron chi connectivity index (χ0n) is 13.7. The van der Waals surface area contributed by atoms with Crippen LogP contribution in [0.15, 0.2) is 0 Å². The van der Waals surface area contributed by atoms with Crippen molar-refractivity contribution in [3.05, 3.63) is 0 Å². The summed E-state index contributed by atoms with van der Waals surface area (Å²) in [4.78, 5) is 2.41. The van der Waals surface area contributed by atoms with Crippen LogP contribution in [0.3, 0.4) is 0 Å². The maximum absolute atomic E-state index is 9.25. The van der Waals surface area contributed by atoms with E-state index in [1.54, 1.807) is 0 Å². The van der Waals surface area contributed by atoms with E-state index < -0.39 is 0 Å². The Morgan fingerprint density at radius 2 is 2.15 bits per heavy atom. The maximum atomic E-state index is 9.25. The second-order valence-corrected chi connectivity index (χ2v) is 6.68. The van der Waals surface area contributed by atoms with Crippen LogP contribution in [0.2, 0.25) is 0 Å². The number of nitrogens with one attached hydrogen (secondary N) is 1. The standard InChI is InChI=1S/C16H34N2O2/c1-4-5-7-18(8-9-19)13-16(6-10-20-14-16)12-17-11-15(2)3/h15,17,19H,4-14H2,1-3H3. The van der Waals surface area contributed by atoms with Crippen molar-refractivity contribution >= 4 is 0 Å². The van der Waals surface area contributed by atoms with Gasteiger partial charge in [0.15, 0.2) is 0 Å². The third kappa shape index (κ3) is 6.53. The fraction of sp³-hybridized carbons (Fsp3) is 1.00. The Labute approximate surface area is 124 Å². The molecule has 1 rings (SSSR count). The SMILES string of the molecule is CCCCN(CCO)CC1(CNCC(C)C)CCOC1. The van der Waals surface area contributed by atoms with Crippen molar-refractivity contribution in [2.45, 2.75) is 40.0 Å². The summed E-state index contributed by atoms with van der Waals surface area (Å²) in [5, 5.41) is 12.9. The summed E-state index contributed by atoms with van der Waals surface area (Å²) in [5.74, 6) is 0.683. The van der Waals surface area contributed by atoms with Crippen LogP contribution in [-0.2, 0) is 4.74 Å². The first kappa shape index (κ1) is 17.9. The number of aliphatic hydroxyl groups excluding tert-OH is 1. The lowest BCUT2D eigenvalue weighted by molar-refractivity contribution is 0.0954. The molecular formula is C16H34N2O2. The second kappa shape index (κ2) is 9.72. The summed E-state index contributed by atoms with van der Waals surface area (Å²) in [7, 11) is 0. The predicted octanol–water partition coefficient (Wildman–Crippen LogP) is 1.73. The maximum Gasteiger partial charge on any atom is 0.0558 e. The van der Waals surface area contributed by atoms with E-state index in [1.807, 2.05) is 0 Å². The molecule has 20 heavy (non-hydrogen) atoms. The van der Waals surface area contributed by atoms with Gasteiger partial charge in [0.05, 0.1) is 13.2 Å². The highest BCUT2D eigenvalue weighted by Crippen LogP contribution is 2.29. The molecule has 1 aliphatic rings. The summed E-state index contributed by atoms with van der Waals surface area (Å²) in [5.41, 5.74) is 0.234. The quantitative estimate of drug-likeness (QED) is 0.607. The zero-order chi connectivity index (χ0) is 14.8. The van der Waals surface area contributed by atoms with Gasteiger partial charge in [-0.3, -0.25) is 0 Å². The minimum atomic E-state index is 0.234. The monoisotopic (exact) mass is 286 g/mol. The highest BCUT2D eigenvalue weighted by Gasteiger charge is 2.36. The van der Waals surface area contributed by atoms with Crippen molar-refractivity contribution in [3.8, 4) is 0 Å². The first-order valence-corrected chi connectivity index (χ1v) is 8.23. The molecule has 4 nitrogen and oxygen atoms in total. The van der Waals surface area contributed by atoms with E-state index in [0.29, 0.717) is 5.92 Å². The molecule has 1 atom stereocenters. The summed E-state index contributed by atoms with van der Waals surface area (Å²) < 4.78 is 5.67. The summed E-state index contributed by atoms with van der Waals surface area (Å²) >= 11 is 0. The fourth-order valence-electron chi connectivity index (χ4n) is 2.86. The normalized spacial score (nSPS) is 23.1. The van der Waals surface area contributed by atoms with Crippen LogP contribution in [0.25, 0.3) is 0 Å². The number of unbranched alkanes of at least 4 members (excludes halogenated alkanes) is 1. The lowest BCUT2D eigenvalue weighted by atomic mass is 9.86. The fourth-order valence-corrected chi connectivity index (χ4v) is 2.86.